The summed E-state index contributed by atoms with van der Waals surface area (Å²) in [6, 6.07) is 9.64. The van der Waals surface area contributed by atoms with Gasteiger partial charge in [-0.1, -0.05) is 63.4 Å². The summed E-state index contributed by atoms with van der Waals surface area (Å²) in [6.07, 6.45) is 5.44. The molecule has 1 atom stereocenters. The van der Waals surface area contributed by atoms with E-state index in [1.54, 1.807) is 0 Å². The van der Waals surface area contributed by atoms with Gasteiger partial charge in [0, 0.05) is 6.54 Å². The SMILES string of the molecule is CC(C)CC1C(=O)NC2(CCCCC2)C(=O)N1Cc1ccccc1. The summed E-state index contributed by atoms with van der Waals surface area (Å²) in [7, 11) is 0. The highest BCUT2D eigenvalue weighted by atomic mass is 16.2. The zero-order valence-electron chi connectivity index (χ0n) is 14.8. The molecule has 4 nitrogen and oxygen atoms in total. The van der Waals surface area contributed by atoms with Crippen molar-refractivity contribution in [3.05, 3.63) is 35.9 Å². The molecule has 1 aliphatic heterocycles. The molecule has 2 aliphatic rings. The maximum Gasteiger partial charge on any atom is 0.249 e. The molecule has 0 aromatic heterocycles. The fraction of sp³-hybridized carbons (Fsp3) is 0.600. The molecule has 2 fully saturated rings. The van der Waals surface area contributed by atoms with Crippen molar-refractivity contribution in [1.29, 1.82) is 0 Å². The van der Waals surface area contributed by atoms with Crippen LogP contribution < -0.4 is 5.32 Å². The topological polar surface area (TPSA) is 49.4 Å². The molecule has 1 unspecified atom stereocenters. The molecule has 24 heavy (non-hydrogen) atoms. The first-order valence-electron chi connectivity index (χ1n) is 9.19. The van der Waals surface area contributed by atoms with Crippen molar-refractivity contribution in [2.24, 2.45) is 5.92 Å². The van der Waals surface area contributed by atoms with Crippen LogP contribution in [0.15, 0.2) is 30.3 Å². The molecule has 3 rings (SSSR count). The van der Waals surface area contributed by atoms with Gasteiger partial charge in [-0.15, -0.1) is 0 Å². The van der Waals surface area contributed by atoms with E-state index in [-0.39, 0.29) is 17.9 Å². The molecule has 1 heterocycles. The number of nitrogens with zero attached hydrogens (tertiary/aromatic N) is 1. The highest BCUT2D eigenvalue weighted by Gasteiger charge is 2.50. The van der Waals surface area contributed by atoms with E-state index in [1.807, 2.05) is 35.2 Å². The van der Waals surface area contributed by atoms with E-state index in [9.17, 15) is 9.59 Å². The maximum absolute atomic E-state index is 13.4. The fourth-order valence-corrected chi connectivity index (χ4v) is 4.07. The third-order valence-electron chi connectivity index (χ3n) is 5.31. The first-order valence-corrected chi connectivity index (χ1v) is 9.19. The second kappa shape index (κ2) is 6.96. The molecule has 1 aromatic carbocycles. The van der Waals surface area contributed by atoms with Crippen LogP contribution in [-0.4, -0.2) is 28.3 Å². The normalized spacial score (nSPS) is 23.6. The number of hydrogen-bond donors (Lipinski definition) is 1. The number of carbonyl (C=O) groups is 2. The second-order valence-corrected chi connectivity index (χ2v) is 7.70. The highest BCUT2D eigenvalue weighted by molar-refractivity contribution is 5.99. The molecule has 0 radical (unpaired) electrons. The van der Waals surface area contributed by atoms with Gasteiger partial charge in [0.25, 0.3) is 0 Å². The lowest BCUT2D eigenvalue weighted by Crippen LogP contribution is -2.70. The van der Waals surface area contributed by atoms with E-state index < -0.39 is 5.54 Å². The Labute approximate surface area is 144 Å². The number of hydrogen-bond acceptors (Lipinski definition) is 2. The average Bonchev–Trinajstić information content (AvgIpc) is 2.57. The molecule has 1 aliphatic carbocycles. The Morgan fingerprint density at radius 2 is 1.79 bits per heavy atom. The predicted octanol–water partition coefficient (Wildman–Crippen LogP) is 3.26. The van der Waals surface area contributed by atoms with E-state index in [2.05, 4.69) is 19.2 Å². The Hall–Kier alpha value is -1.84. The summed E-state index contributed by atoms with van der Waals surface area (Å²) in [5, 5.41) is 3.12. The number of amides is 2. The molecule has 1 saturated carbocycles. The summed E-state index contributed by atoms with van der Waals surface area (Å²) in [4.78, 5) is 28.0. The first-order chi connectivity index (χ1) is 11.5. The Balaban J connectivity index is 1.90. The monoisotopic (exact) mass is 328 g/mol. The van der Waals surface area contributed by atoms with Crippen LogP contribution >= 0.6 is 0 Å². The van der Waals surface area contributed by atoms with Gasteiger partial charge in [-0.05, 0) is 30.7 Å². The Kier molecular flexibility index (Phi) is 4.93. The summed E-state index contributed by atoms with van der Waals surface area (Å²) in [5.74, 6) is 0.518. The molecule has 1 saturated heterocycles. The Morgan fingerprint density at radius 1 is 1.12 bits per heavy atom. The van der Waals surface area contributed by atoms with E-state index in [0.29, 0.717) is 18.9 Å². The molecule has 4 heteroatoms. The van der Waals surface area contributed by atoms with Gasteiger partial charge in [0.1, 0.15) is 11.6 Å². The van der Waals surface area contributed by atoms with Gasteiger partial charge in [-0.3, -0.25) is 9.59 Å². The van der Waals surface area contributed by atoms with Crippen molar-refractivity contribution in [1.82, 2.24) is 10.2 Å². The molecule has 2 amide bonds. The van der Waals surface area contributed by atoms with E-state index >= 15 is 0 Å². The van der Waals surface area contributed by atoms with Gasteiger partial charge >= 0.3 is 0 Å². The standard InChI is InChI=1S/C20H28N2O2/c1-15(2)13-17-18(23)21-20(11-7-4-8-12-20)19(24)22(17)14-16-9-5-3-6-10-16/h3,5-6,9-10,15,17H,4,7-8,11-14H2,1-2H3,(H,21,23). The lowest BCUT2D eigenvalue weighted by molar-refractivity contribution is -0.158. The van der Waals surface area contributed by atoms with E-state index in [1.165, 1.54) is 0 Å². The third-order valence-corrected chi connectivity index (χ3v) is 5.31. The Morgan fingerprint density at radius 3 is 2.42 bits per heavy atom. The van der Waals surface area contributed by atoms with Gasteiger partial charge in [0.2, 0.25) is 11.8 Å². The van der Waals surface area contributed by atoms with Crippen molar-refractivity contribution < 1.29 is 9.59 Å². The smallest absolute Gasteiger partial charge is 0.249 e. The number of benzene rings is 1. The van der Waals surface area contributed by atoms with Crippen molar-refractivity contribution in [3.63, 3.8) is 0 Å². The van der Waals surface area contributed by atoms with Gasteiger partial charge < -0.3 is 10.2 Å². The van der Waals surface area contributed by atoms with Crippen LogP contribution in [0.5, 0.6) is 0 Å². The maximum atomic E-state index is 13.4. The Bertz CT molecular complexity index is 591. The van der Waals surface area contributed by atoms with Crippen LogP contribution in [0, 0.1) is 5.92 Å². The minimum Gasteiger partial charge on any atom is -0.340 e. The molecule has 1 N–H and O–H groups in total. The first kappa shape index (κ1) is 17.0. The fourth-order valence-electron chi connectivity index (χ4n) is 4.07. The second-order valence-electron chi connectivity index (χ2n) is 7.70. The average molecular weight is 328 g/mol. The van der Waals surface area contributed by atoms with Gasteiger partial charge in [0.15, 0.2) is 0 Å². The lowest BCUT2D eigenvalue weighted by atomic mass is 9.77. The summed E-state index contributed by atoms with van der Waals surface area (Å²) in [6.45, 7) is 4.72. The number of piperazine rings is 1. The van der Waals surface area contributed by atoms with Crippen LogP contribution in [-0.2, 0) is 16.1 Å². The van der Waals surface area contributed by atoms with Crippen LogP contribution in [0.3, 0.4) is 0 Å². The van der Waals surface area contributed by atoms with Crippen LogP contribution in [0.1, 0.15) is 57.9 Å². The summed E-state index contributed by atoms with van der Waals surface area (Å²) < 4.78 is 0. The number of carbonyl (C=O) groups excluding carboxylic acids is 2. The van der Waals surface area contributed by atoms with Gasteiger partial charge in [-0.2, -0.15) is 0 Å². The summed E-state index contributed by atoms with van der Waals surface area (Å²) in [5.41, 5.74) is 0.428. The minimum absolute atomic E-state index is 0.0288. The largest absolute Gasteiger partial charge is 0.340 e. The van der Waals surface area contributed by atoms with E-state index in [0.717, 1.165) is 37.7 Å². The third kappa shape index (κ3) is 3.33. The van der Waals surface area contributed by atoms with Crippen LogP contribution in [0.2, 0.25) is 0 Å². The molecule has 1 spiro atoms. The van der Waals surface area contributed by atoms with Crippen molar-refractivity contribution in [2.45, 2.75) is 70.5 Å². The van der Waals surface area contributed by atoms with Crippen LogP contribution in [0.25, 0.3) is 0 Å². The number of rotatable bonds is 4. The van der Waals surface area contributed by atoms with Crippen LogP contribution in [0.4, 0.5) is 0 Å². The molecule has 1 aromatic rings. The van der Waals surface area contributed by atoms with Crippen molar-refractivity contribution >= 4 is 11.8 Å². The quantitative estimate of drug-likeness (QED) is 0.922. The number of nitrogens with one attached hydrogen (secondary N) is 1. The molecule has 130 valence electrons. The lowest BCUT2D eigenvalue weighted by Gasteiger charge is -2.48. The zero-order chi connectivity index (χ0) is 17.2. The zero-order valence-corrected chi connectivity index (χ0v) is 14.8. The van der Waals surface area contributed by atoms with Crippen molar-refractivity contribution in [3.8, 4) is 0 Å². The van der Waals surface area contributed by atoms with Gasteiger partial charge in [-0.25, -0.2) is 0 Å². The highest BCUT2D eigenvalue weighted by Crippen LogP contribution is 2.35. The van der Waals surface area contributed by atoms with Gasteiger partial charge in [0.05, 0.1) is 0 Å². The molecular formula is C20H28N2O2. The summed E-state index contributed by atoms with van der Waals surface area (Å²) >= 11 is 0. The molecule has 0 bridgehead atoms. The minimum atomic E-state index is -0.655. The predicted molar refractivity (Wildman–Crippen MR) is 94.2 cm³/mol. The molecular weight excluding hydrogens is 300 g/mol. The van der Waals surface area contributed by atoms with Crippen molar-refractivity contribution in [2.75, 3.05) is 0 Å². The van der Waals surface area contributed by atoms with E-state index in [4.69, 9.17) is 0 Å².